The lowest BCUT2D eigenvalue weighted by atomic mass is 10.2. The van der Waals surface area contributed by atoms with Gasteiger partial charge >= 0.3 is 0 Å². The second-order valence-corrected chi connectivity index (χ2v) is 6.01. The molecule has 0 spiro atoms. The van der Waals surface area contributed by atoms with Gasteiger partial charge in [0.25, 0.3) is 0 Å². The highest BCUT2D eigenvalue weighted by Gasteiger charge is 2.27. The molecule has 1 unspecified atom stereocenters. The molecule has 18 heavy (non-hydrogen) atoms. The SMILES string of the molecule is CC(CC(N)=NO)N(C)S(=O)(=O)c1cnn(C)c1. The summed E-state index contributed by atoms with van der Waals surface area (Å²) in [4.78, 5) is 0.110. The number of amidine groups is 1. The molecule has 1 aromatic heterocycles. The molecule has 0 bridgehead atoms. The summed E-state index contributed by atoms with van der Waals surface area (Å²) in [5.74, 6) is -0.0178. The summed E-state index contributed by atoms with van der Waals surface area (Å²) in [6, 6.07) is -0.425. The predicted molar refractivity (Wildman–Crippen MR) is 65.6 cm³/mol. The maximum absolute atomic E-state index is 12.2. The molecule has 9 heteroatoms. The van der Waals surface area contributed by atoms with Gasteiger partial charge in [0.1, 0.15) is 10.7 Å². The molecule has 1 rings (SSSR count). The van der Waals surface area contributed by atoms with Crippen LogP contribution in [0.4, 0.5) is 0 Å². The summed E-state index contributed by atoms with van der Waals surface area (Å²) < 4.78 is 27.0. The van der Waals surface area contributed by atoms with Crippen molar-refractivity contribution in [1.82, 2.24) is 14.1 Å². The second-order valence-electron chi connectivity index (χ2n) is 4.02. The van der Waals surface area contributed by atoms with E-state index in [0.29, 0.717) is 0 Å². The molecule has 0 saturated carbocycles. The third-order valence-electron chi connectivity index (χ3n) is 2.61. The molecule has 0 aliphatic rings. The number of hydrogen-bond donors (Lipinski definition) is 2. The topological polar surface area (TPSA) is 114 Å². The number of aromatic nitrogens is 2. The highest BCUT2D eigenvalue weighted by Crippen LogP contribution is 2.16. The van der Waals surface area contributed by atoms with Gasteiger partial charge in [0.2, 0.25) is 10.0 Å². The van der Waals surface area contributed by atoms with Gasteiger partial charge in [-0.1, -0.05) is 5.16 Å². The van der Waals surface area contributed by atoms with E-state index in [1.54, 1.807) is 14.0 Å². The summed E-state index contributed by atoms with van der Waals surface area (Å²) in [6.45, 7) is 1.67. The van der Waals surface area contributed by atoms with Crippen molar-refractivity contribution in [1.29, 1.82) is 0 Å². The van der Waals surface area contributed by atoms with E-state index < -0.39 is 16.1 Å². The number of aryl methyl sites for hydroxylation is 1. The average Bonchev–Trinajstić information content (AvgIpc) is 2.75. The van der Waals surface area contributed by atoms with Crippen LogP contribution in [0.25, 0.3) is 0 Å². The lowest BCUT2D eigenvalue weighted by Crippen LogP contribution is -2.37. The third-order valence-corrected chi connectivity index (χ3v) is 4.54. The number of sulfonamides is 1. The minimum absolute atomic E-state index is 0.0178. The molecule has 102 valence electrons. The van der Waals surface area contributed by atoms with E-state index in [2.05, 4.69) is 10.3 Å². The van der Waals surface area contributed by atoms with Crippen LogP contribution < -0.4 is 5.73 Å². The molecule has 0 aliphatic heterocycles. The van der Waals surface area contributed by atoms with E-state index in [4.69, 9.17) is 10.9 Å². The molecule has 0 radical (unpaired) electrons. The molecule has 1 atom stereocenters. The summed E-state index contributed by atoms with van der Waals surface area (Å²) in [5, 5.41) is 15.1. The van der Waals surface area contributed by atoms with E-state index in [1.165, 1.54) is 28.4 Å². The van der Waals surface area contributed by atoms with Crippen molar-refractivity contribution in [2.24, 2.45) is 17.9 Å². The molecule has 1 heterocycles. The largest absolute Gasteiger partial charge is 0.409 e. The molecule has 0 fully saturated rings. The van der Waals surface area contributed by atoms with Crippen molar-refractivity contribution in [3.05, 3.63) is 12.4 Å². The minimum Gasteiger partial charge on any atom is -0.409 e. The Bertz CT molecular complexity index is 536. The van der Waals surface area contributed by atoms with Crippen LogP contribution in [0.2, 0.25) is 0 Å². The number of hydrogen-bond acceptors (Lipinski definition) is 5. The molecular formula is C9H17N5O3S. The maximum Gasteiger partial charge on any atom is 0.246 e. The van der Waals surface area contributed by atoms with Gasteiger partial charge in [0.15, 0.2) is 0 Å². The van der Waals surface area contributed by atoms with E-state index in [9.17, 15) is 8.42 Å². The summed E-state index contributed by atoms with van der Waals surface area (Å²) in [5.41, 5.74) is 5.36. The van der Waals surface area contributed by atoms with Crippen molar-refractivity contribution in [3.8, 4) is 0 Å². The maximum atomic E-state index is 12.2. The van der Waals surface area contributed by atoms with Crippen LogP contribution in [0.15, 0.2) is 22.4 Å². The van der Waals surface area contributed by atoms with Gasteiger partial charge in [-0.05, 0) is 6.92 Å². The monoisotopic (exact) mass is 275 g/mol. The van der Waals surface area contributed by atoms with Gasteiger partial charge in [-0.3, -0.25) is 4.68 Å². The molecule has 0 aromatic carbocycles. The zero-order valence-electron chi connectivity index (χ0n) is 10.5. The Morgan fingerprint density at radius 1 is 1.72 bits per heavy atom. The van der Waals surface area contributed by atoms with Crippen LogP contribution in [0, 0.1) is 0 Å². The molecule has 0 amide bonds. The van der Waals surface area contributed by atoms with Gasteiger partial charge in [0, 0.05) is 32.8 Å². The van der Waals surface area contributed by atoms with Crippen molar-refractivity contribution in [2.75, 3.05) is 7.05 Å². The fourth-order valence-corrected chi connectivity index (χ4v) is 2.75. The normalized spacial score (nSPS) is 15.0. The minimum atomic E-state index is -3.61. The Morgan fingerprint density at radius 2 is 2.33 bits per heavy atom. The number of nitrogens with two attached hydrogens (primary N) is 1. The van der Waals surface area contributed by atoms with Crippen LogP contribution in [-0.4, -0.2) is 46.6 Å². The highest BCUT2D eigenvalue weighted by molar-refractivity contribution is 7.89. The highest BCUT2D eigenvalue weighted by atomic mass is 32.2. The molecule has 8 nitrogen and oxygen atoms in total. The zero-order chi connectivity index (χ0) is 13.9. The fraction of sp³-hybridized carbons (Fsp3) is 0.556. The summed E-state index contributed by atoms with van der Waals surface area (Å²) in [6.07, 6.45) is 2.84. The molecule has 3 N–H and O–H groups in total. The first-order valence-electron chi connectivity index (χ1n) is 5.22. The van der Waals surface area contributed by atoms with Crippen LogP contribution in [0.3, 0.4) is 0 Å². The Hall–Kier alpha value is -1.61. The van der Waals surface area contributed by atoms with Crippen LogP contribution >= 0.6 is 0 Å². The van der Waals surface area contributed by atoms with Gasteiger partial charge in [-0.2, -0.15) is 9.40 Å². The Morgan fingerprint density at radius 3 is 2.78 bits per heavy atom. The first kappa shape index (κ1) is 14.5. The first-order valence-corrected chi connectivity index (χ1v) is 6.66. The Labute approximate surface area is 106 Å². The fourth-order valence-electron chi connectivity index (χ4n) is 1.41. The lowest BCUT2D eigenvalue weighted by molar-refractivity contribution is 0.313. The second kappa shape index (κ2) is 5.36. The Kier molecular flexibility index (Phi) is 4.30. The van der Waals surface area contributed by atoms with Gasteiger partial charge in [0.05, 0.1) is 6.20 Å². The number of oxime groups is 1. The van der Waals surface area contributed by atoms with Gasteiger partial charge in [-0.25, -0.2) is 8.42 Å². The van der Waals surface area contributed by atoms with Crippen molar-refractivity contribution in [3.63, 3.8) is 0 Å². The van der Waals surface area contributed by atoms with Crippen molar-refractivity contribution in [2.45, 2.75) is 24.3 Å². The smallest absolute Gasteiger partial charge is 0.246 e. The third kappa shape index (κ3) is 2.99. The molecule has 0 aliphatic carbocycles. The van der Waals surface area contributed by atoms with E-state index in [1.807, 2.05) is 0 Å². The number of nitrogens with zero attached hydrogens (tertiary/aromatic N) is 4. The van der Waals surface area contributed by atoms with E-state index >= 15 is 0 Å². The molecular weight excluding hydrogens is 258 g/mol. The lowest BCUT2D eigenvalue weighted by Gasteiger charge is -2.22. The van der Waals surface area contributed by atoms with Gasteiger partial charge < -0.3 is 10.9 Å². The van der Waals surface area contributed by atoms with Crippen LogP contribution in [0.5, 0.6) is 0 Å². The van der Waals surface area contributed by atoms with Gasteiger partial charge in [-0.15, -0.1) is 0 Å². The van der Waals surface area contributed by atoms with Crippen molar-refractivity contribution >= 4 is 15.9 Å². The molecule has 1 aromatic rings. The quantitative estimate of drug-likeness (QED) is 0.327. The first-order chi connectivity index (χ1) is 8.28. The van der Waals surface area contributed by atoms with E-state index in [0.717, 1.165) is 0 Å². The standard InChI is InChI=1S/C9H17N5O3S/c1-7(4-9(10)12-15)14(3)18(16,17)8-5-11-13(2)6-8/h5-7,15H,4H2,1-3H3,(H2,10,12). The zero-order valence-corrected chi connectivity index (χ0v) is 11.3. The number of rotatable bonds is 5. The van der Waals surface area contributed by atoms with E-state index in [-0.39, 0.29) is 17.2 Å². The van der Waals surface area contributed by atoms with Crippen LogP contribution in [-0.2, 0) is 17.1 Å². The van der Waals surface area contributed by atoms with Crippen molar-refractivity contribution < 1.29 is 13.6 Å². The summed E-state index contributed by atoms with van der Waals surface area (Å²) >= 11 is 0. The van der Waals surface area contributed by atoms with Crippen LogP contribution in [0.1, 0.15) is 13.3 Å². The predicted octanol–water partition coefficient (Wildman–Crippen LogP) is -0.434. The Balaban J connectivity index is 2.92. The summed E-state index contributed by atoms with van der Waals surface area (Å²) in [7, 11) is -0.534. The average molecular weight is 275 g/mol. The molecule has 0 saturated heterocycles.